The van der Waals surface area contributed by atoms with Crippen LogP contribution in [0.15, 0.2) is 11.6 Å². The maximum absolute atomic E-state index is 13.5. The Balaban J connectivity index is 1.66. The number of carbonyl (C=O) groups excluding carboxylic acids is 4. The first kappa shape index (κ1) is 23.0. The second-order valence-electron chi connectivity index (χ2n) is 10.7. The number of carbonyl (C=O) groups is 4. The molecule has 0 aromatic rings. The van der Waals surface area contributed by atoms with Crippen molar-refractivity contribution in [1.29, 1.82) is 0 Å². The summed E-state index contributed by atoms with van der Waals surface area (Å²) in [5.74, 6) is -1.02. The molecule has 3 saturated carbocycles. The van der Waals surface area contributed by atoms with Gasteiger partial charge in [0.05, 0.1) is 0 Å². The van der Waals surface area contributed by atoms with Crippen LogP contribution in [0.4, 0.5) is 0 Å². The van der Waals surface area contributed by atoms with Crippen LogP contribution in [0.1, 0.15) is 73.1 Å². The highest BCUT2D eigenvalue weighted by atomic mass is 16.6. The van der Waals surface area contributed by atoms with E-state index in [2.05, 4.69) is 13.8 Å². The van der Waals surface area contributed by atoms with Crippen molar-refractivity contribution in [3.63, 3.8) is 0 Å². The highest BCUT2D eigenvalue weighted by Gasteiger charge is 2.65. The van der Waals surface area contributed by atoms with Crippen LogP contribution in [0.2, 0.25) is 0 Å². The zero-order chi connectivity index (χ0) is 23.4. The number of ether oxygens (including phenoxy) is 3. The van der Waals surface area contributed by atoms with Gasteiger partial charge >= 0.3 is 17.9 Å². The lowest BCUT2D eigenvalue weighted by Gasteiger charge is -2.56. The molecule has 0 N–H and O–H groups in total. The van der Waals surface area contributed by atoms with Gasteiger partial charge in [0.2, 0.25) is 0 Å². The number of hydrogen-bond acceptors (Lipinski definition) is 7. The number of hydrogen-bond donors (Lipinski definition) is 0. The number of esters is 3. The summed E-state index contributed by atoms with van der Waals surface area (Å²) >= 11 is 0. The van der Waals surface area contributed by atoms with Gasteiger partial charge in [-0.25, -0.2) is 0 Å². The normalized spacial score (nSPS) is 42.7. The van der Waals surface area contributed by atoms with Crippen LogP contribution in [0.3, 0.4) is 0 Å². The molecule has 0 amide bonds. The molecule has 0 bridgehead atoms. The predicted octanol–water partition coefficient (Wildman–Crippen LogP) is 3.53. The molecule has 4 aliphatic carbocycles. The molecule has 4 rings (SSSR count). The van der Waals surface area contributed by atoms with Gasteiger partial charge in [0.1, 0.15) is 18.3 Å². The van der Waals surface area contributed by atoms with E-state index in [-0.39, 0.29) is 41.0 Å². The molecule has 0 heterocycles. The summed E-state index contributed by atoms with van der Waals surface area (Å²) in [5, 5.41) is 0. The van der Waals surface area contributed by atoms with E-state index in [1.165, 1.54) is 20.8 Å². The third-order valence-electron chi connectivity index (χ3n) is 8.76. The SMILES string of the molecule is CC(=O)OC1CC[C@@]2(C)C(=CC(=O)[C@@H]3[C@H]2CC[C@]2(C)C(OC(C)=O)C(OC(C)=O)C[C@@H]32)C1. The molecular formula is C25H34O7. The largest absolute Gasteiger partial charge is 0.462 e. The molecule has 3 fully saturated rings. The van der Waals surface area contributed by atoms with Crippen molar-refractivity contribution in [3.05, 3.63) is 11.6 Å². The van der Waals surface area contributed by atoms with E-state index >= 15 is 0 Å². The molecule has 0 aliphatic heterocycles. The van der Waals surface area contributed by atoms with Gasteiger partial charge in [0.15, 0.2) is 5.78 Å². The standard InChI is InChI=1S/C25H34O7/c1-13(26)30-17-6-8-24(4)16(10-17)11-20(29)22-18(24)7-9-25(5)19(22)12-21(31-14(2)27)23(25)32-15(3)28/h11,17-19,21-23H,6-10,12H2,1-5H3/t17?,18-,19+,21?,22-,23?,24+,25+/m1/s1. The Hall–Kier alpha value is -2.18. The number of fused-ring (bicyclic) bond motifs is 5. The molecule has 7 heteroatoms. The Morgan fingerprint density at radius 1 is 0.906 bits per heavy atom. The van der Waals surface area contributed by atoms with Crippen molar-refractivity contribution >= 4 is 23.7 Å². The third kappa shape index (κ3) is 3.67. The molecule has 0 aromatic carbocycles. The first-order chi connectivity index (χ1) is 15.0. The predicted molar refractivity (Wildman–Crippen MR) is 114 cm³/mol. The summed E-state index contributed by atoms with van der Waals surface area (Å²) in [6, 6.07) is 0. The molecule has 0 aromatic heterocycles. The summed E-state index contributed by atoms with van der Waals surface area (Å²) < 4.78 is 16.7. The van der Waals surface area contributed by atoms with Crippen LogP contribution in [-0.4, -0.2) is 42.0 Å². The summed E-state index contributed by atoms with van der Waals surface area (Å²) in [4.78, 5) is 48.6. The number of rotatable bonds is 3. The van der Waals surface area contributed by atoms with Gasteiger partial charge in [-0.15, -0.1) is 0 Å². The minimum Gasteiger partial charge on any atom is -0.462 e. The highest BCUT2D eigenvalue weighted by Crippen LogP contribution is 2.65. The molecule has 7 nitrogen and oxygen atoms in total. The zero-order valence-corrected chi connectivity index (χ0v) is 19.6. The molecule has 0 radical (unpaired) electrons. The maximum Gasteiger partial charge on any atom is 0.303 e. The quantitative estimate of drug-likeness (QED) is 0.483. The molecule has 3 unspecified atom stereocenters. The van der Waals surface area contributed by atoms with Gasteiger partial charge in [-0.2, -0.15) is 0 Å². The van der Waals surface area contributed by atoms with Crippen molar-refractivity contribution in [2.75, 3.05) is 0 Å². The fourth-order valence-corrected chi connectivity index (χ4v) is 7.37. The Morgan fingerprint density at radius 3 is 2.19 bits per heavy atom. The van der Waals surface area contributed by atoms with Crippen LogP contribution in [0.25, 0.3) is 0 Å². The van der Waals surface area contributed by atoms with Crippen molar-refractivity contribution in [2.24, 2.45) is 28.6 Å². The number of ketones is 1. The van der Waals surface area contributed by atoms with Crippen molar-refractivity contribution in [3.8, 4) is 0 Å². The maximum atomic E-state index is 13.5. The smallest absolute Gasteiger partial charge is 0.303 e. The third-order valence-corrected chi connectivity index (χ3v) is 8.76. The fraction of sp³-hybridized carbons (Fsp3) is 0.760. The zero-order valence-electron chi connectivity index (χ0n) is 19.6. The van der Waals surface area contributed by atoms with Gasteiger partial charge in [-0.3, -0.25) is 19.2 Å². The second-order valence-corrected chi connectivity index (χ2v) is 10.7. The van der Waals surface area contributed by atoms with E-state index in [1.54, 1.807) is 6.08 Å². The van der Waals surface area contributed by atoms with Crippen LogP contribution >= 0.6 is 0 Å². The minimum absolute atomic E-state index is 0.0248. The van der Waals surface area contributed by atoms with E-state index in [0.717, 1.165) is 31.3 Å². The molecule has 4 aliphatic rings. The molecule has 32 heavy (non-hydrogen) atoms. The Morgan fingerprint density at radius 2 is 1.56 bits per heavy atom. The van der Waals surface area contributed by atoms with Gasteiger partial charge in [-0.05, 0) is 55.4 Å². The average molecular weight is 447 g/mol. The fourth-order valence-electron chi connectivity index (χ4n) is 7.37. The molecule has 0 saturated heterocycles. The Bertz CT molecular complexity index is 876. The summed E-state index contributed by atoms with van der Waals surface area (Å²) in [7, 11) is 0. The van der Waals surface area contributed by atoms with Crippen LogP contribution < -0.4 is 0 Å². The molecular weight excluding hydrogens is 412 g/mol. The van der Waals surface area contributed by atoms with E-state index in [9.17, 15) is 19.2 Å². The van der Waals surface area contributed by atoms with Crippen molar-refractivity contribution in [1.82, 2.24) is 0 Å². The molecule has 0 spiro atoms. The van der Waals surface area contributed by atoms with E-state index in [1.807, 2.05) is 0 Å². The van der Waals surface area contributed by atoms with Gasteiger partial charge in [0, 0.05) is 38.5 Å². The lowest BCUT2D eigenvalue weighted by molar-refractivity contribution is -0.172. The van der Waals surface area contributed by atoms with Crippen molar-refractivity contribution < 1.29 is 33.4 Å². The van der Waals surface area contributed by atoms with Gasteiger partial charge in [-0.1, -0.05) is 19.4 Å². The average Bonchev–Trinajstić information content (AvgIpc) is 2.93. The van der Waals surface area contributed by atoms with Crippen LogP contribution in [-0.2, 0) is 33.4 Å². The van der Waals surface area contributed by atoms with Gasteiger partial charge < -0.3 is 14.2 Å². The minimum atomic E-state index is -0.541. The second kappa shape index (κ2) is 7.99. The van der Waals surface area contributed by atoms with Crippen LogP contribution in [0.5, 0.6) is 0 Å². The van der Waals surface area contributed by atoms with Crippen LogP contribution in [0, 0.1) is 28.6 Å². The van der Waals surface area contributed by atoms with E-state index in [0.29, 0.717) is 12.8 Å². The lowest BCUT2D eigenvalue weighted by atomic mass is 9.47. The number of allylic oxidation sites excluding steroid dienone is 1. The monoisotopic (exact) mass is 446 g/mol. The molecule has 176 valence electrons. The highest BCUT2D eigenvalue weighted by molar-refractivity contribution is 5.94. The van der Waals surface area contributed by atoms with E-state index in [4.69, 9.17) is 14.2 Å². The lowest BCUT2D eigenvalue weighted by Crippen LogP contribution is -2.54. The Kier molecular flexibility index (Phi) is 5.74. The Labute approximate surface area is 189 Å². The topological polar surface area (TPSA) is 96.0 Å². The molecule has 8 atom stereocenters. The van der Waals surface area contributed by atoms with Crippen molar-refractivity contribution in [2.45, 2.75) is 91.5 Å². The first-order valence-corrected chi connectivity index (χ1v) is 11.7. The van der Waals surface area contributed by atoms with E-state index < -0.39 is 29.6 Å². The van der Waals surface area contributed by atoms with Gasteiger partial charge in [0.25, 0.3) is 0 Å². The first-order valence-electron chi connectivity index (χ1n) is 11.7. The summed E-state index contributed by atoms with van der Waals surface area (Å²) in [6.45, 7) is 8.48. The summed E-state index contributed by atoms with van der Waals surface area (Å²) in [5.41, 5.74) is 0.558. The summed E-state index contributed by atoms with van der Waals surface area (Å²) in [6.07, 6.45) is 5.00.